The minimum atomic E-state index is -4.89. The van der Waals surface area contributed by atoms with Crippen LogP contribution in [0.2, 0.25) is 0 Å². The number of alkyl halides is 3. The van der Waals surface area contributed by atoms with Crippen LogP contribution in [0.25, 0.3) is 0 Å². The molecule has 1 aromatic rings. The van der Waals surface area contributed by atoms with Crippen LogP contribution in [-0.2, 0) is 16.0 Å². The van der Waals surface area contributed by atoms with Crippen LogP contribution in [0.15, 0.2) is 58.3 Å². The fourth-order valence-electron chi connectivity index (χ4n) is 2.02. The molecule has 0 bridgehead atoms. The number of rotatable bonds is 7. The van der Waals surface area contributed by atoms with Gasteiger partial charge in [0.2, 0.25) is 0 Å². The molecule has 5 nitrogen and oxygen atoms in total. The molecule has 1 aromatic carbocycles. The van der Waals surface area contributed by atoms with Gasteiger partial charge in [-0.05, 0) is 36.2 Å². The van der Waals surface area contributed by atoms with Gasteiger partial charge in [0.05, 0.1) is 12.7 Å². The van der Waals surface area contributed by atoms with E-state index in [1.807, 2.05) is 0 Å². The predicted molar refractivity (Wildman–Crippen MR) is 91.1 cm³/mol. The Hall–Kier alpha value is -2.61. The van der Waals surface area contributed by atoms with E-state index in [-0.39, 0.29) is 22.7 Å². The third-order valence-corrected chi connectivity index (χ3v) is 3.45. The van der Waals surface area contributed by atoms with E-state index in [0.29, 0.717) is 11.1 Å². The number of carbonyl (C=O) groups excluding carboxylic acids is 1. The van der Waals surface area contributed by atoms with Crippen LogP contribution in [0, 0.1) is 4.91 Å². The van der Waals surface area contributed by atoms with Crippen molar-refractivity contribution >= 4 is 23.3 Å². The molecule has 0 fully saturated rings. The molecule has 0 radical (unpaired) electrons. The zero-order chi connectivity index (χ0) is 19.9. The van der Waals surface area contributed by atoms with Crippen LogP contribution in [0.5, 0.6) is 5.75 Å². The number of nitrogens with zero attached hydrogens (tertiary/aromatic N) is 1. The molecule has 0 amide bonds. The largest absolute Gasteiger partial charge is 0.573 e. The number of halogens is 4. The standard InChI is InChI=1S/C17H15ClF3NO4/c1-4-12(18)8-14(16(23)25-3)10(2)7-11-5-6-13(9-15(11)22-24)26-17(19,20)21/h4-6,8-9H,1,7H2,2-3H3/b12-8+,14-10-. The molecular formula is C17H15ClF3NO4. The number of hydrogen-bond donors (Lipinski definition) is 0. The Balaban J connectivity index is 3.27. The van der Waals surface area contributed by atoms with Gasteiger partial charge in [0.25, 0.3) is 0 Å². The maximum absolute atomic E-state index is 12.3. The SMILES string of the molecule is C=C/C(Cl)=C\C(C(=O)OC)=C(/C)Cc1ccc(OC(F)(F)F)cc1N=O. The lowest BCUT2D eigenvalue weighted by atomic mass is 9.99. The second-order valence-electron chi connectivity index (χ2n) is 5.03. The number of carbonyl (C=O) groups is 1. The molecule has 1 rings (SSSR count). The summed E-state index contributed by atoms with van der Waals surface area (Å²) in [6.07, 6.45) is -2.18. The van der Waals surface area contributed by atoms with Gasteiger partial charge in [-0.25, -0.2) is 4.79 Å². The van der Waals surface area contributed by atoms with Crippen molar-refractivity contribution in [2.45, 2.75) is 19.7 Å². The molecule has 0 unspecified atom stereocenters. The summed E-state index contributed by atoms with van der Waals surface area (Å²) in [7, 11) is 1.19. The van der Waals surface area contributed by atoms with Crippen LogP contribution in [0.1, 0.15) is 12.5 Å². The van der Waals surface area contributed by atoms with Gasteiger partial charge in [0.15, 0.2) is 0 Å². The van der Waals surface area contributed by atoms with E-state index in [9.17, 15) is 22.9 Å². The van der Waals surface area contributed by atoms with Gasteiger partial charge in [-0.1, -0.05) is 35.9 Å². The summed E-state index contributed by atoms with van der Waals surface area (Å²) in [4.78, 5) is 22.9. The first-order valence-corrected chi connectivity index (χ1v) is 7.48. The Labute approximate surface area is 152 Å². The molecule has 0 aromatic heterocycles. The van der Waals surface area contributed by atoms with Crippen LogP contribution in [-0.4, -0.2) is 19.4 Å². The first-order valence-electron chi connectivity index (χ1n) is 7.11. The number of esters is 1. The van der Waals surface area contributed by atoms with Crippen LogP contribution < -0.4 is 4.74 Å². The molecule has 0 aliphatic carbocycles. The summed E-state index contributed by atoms with van der Waals surface area (Å²) in [5, 5.41) is 2.91. The van der Waals surface area contributed by atoms with Crippen molar-refractivity contribution in [1.82, 2.24) is 0 Å². The van der Waals surface area contributed by atoms with Crippen molar-refractivity contribution in [1.29, 1.82) is 0 Å². The van der Waals surface area contributed by atoms with E-state index in [4.69, 9.17) is 11.6 Å². The Kier molecular flexibility index (Phi) is 7.57. The molecule has 0 N–H and O–H groups in total. The van der Waals surface area contributed by atoms with E-state index in [2.05, 4.69) is 21.2 Å². The minimum Gasteiger partial charge on any atom is -0.465 e. The summed E-state index contributed by atoms with van der Waals surface area (Å²) in [5.74, 6) is -1.24. The highest BCUT2D eigenvalue weighted by Crippen LogP contribution is 2.31. The second kappa shape index (κ2) is 9.19. The van der Waals surface area contributed by atoms with Crippen molar-refractivity contribution in [2.75, 3.05) is 7.11 Å². The number of allylic oxidation sites excluding steroid dienone is 3. The Morgan fingerprint density at radius 2 is 2.04 bits per heavy atom. The summed E-state index contributed by atoms with van der Waals surface area (Å²) in [6.45, 7) is 5.06. The zero-order valence-electron chi connectivity index (χ0n) is 13.9. The fourth-order valence-corrected chi connectivity index (χ4v) is 2.13. The molecule has 26 heavy (non-hydrogen) atoms. The smallest absolute Gasteiger partial charge is 0.465 e. The van der Waals surface area contributed by atoms with Crippen LogP contribution in [0.3, 0.4) is 0 Å². The highest BCUT2D eigenvalue weighted by molar-refractivity contribution is 6.31. The second-order valence-corrected chi connectivity index (χ2v) is 5.46. The molecular weight excluding hydrogens is 375 g/mol. The Morgan fingerprint density at radius 3 is 2.54 bits per heavy atom. The van der Waals surface area contributed by atoms with Gasteiger partial charge in [-0.15, -0.1) is 18.1 Å². The fraction of sp³-hybridized carbons (Fsp3) is 0.235. The van der Waals surface area contributed by atoms with Gasteiger partial charge in [-0.2, -0.15) is 0 Å². The monoisotopic (exact) mass is 389 g/mol. The lowest BCUT2D eigenvalue weighted by Crippen LogP contribution is -2.17. The summed E-state index contributed by atoms with van der Waals surface area (Å²) < 4.78 is 45.2. The first-order chi connectivity index (χ1) is 12.1. The molecule has 0 aliphatic heterocycles. The molecule has 0 aliphatic rings. The minimum absolute atomic E-state index is 0.0512. The highest BCUT2D eigenvalue weighted by Gasteiger charge is 2.31. The van der Waals surface area contributed by atoms with Crippen LogP contribution >= 0.6 is 11.6 Å². The third kappa shape index (κ3) is 6.36. The molecule has 140 valence electrons. The number of ether oxygens (including phenoxy) is 2. The number of benzene rings is 1. The van der Waals surface area contributed by atoms with E-state index in [1.165, 1.54) is 25.3 Å². The average molecular weight is 390 g/mol. The van der Waals surface area contributed by atoms with Crippen molar-refractivity contribution in [3.8, 4) is 5.75 Å². The van der Waals surface area contributed by atoms with E-state index < -0.39 is 18.1 Å². The van der Waals surface area contributed by atoms with E-state index in [0.717, 1.165) is 12.1 Å². The number of methoxy groups -OCH3 is 1. The molecule has 0 atom stereocenters. The molecule has 0 heterocycles. The van der Waals surface area contributed by atoms with E-state index >= 15 is 0 Å². The predicted octanol–water partition coefficient (Wildman–Crippen LogP) is 5.32. The normalized spacial score (nSPS) is 12.9. The maximum atomic E-state index is 12.3. The lowest BCUT2D eigenvalue weighted by Gasteiger charge is -2.12. The maximum Gasteiger partial charge on any atom is 0.573 e. The van der Waals surface area contributed by atoms with Crippen LogP contribution in [0.4, 0.5) is 18.9 Å². The molecule has 9 heteroatoms. The Morgan fingerprint density at radius 1 is 1.38 bits per heavy atom. The van der Waals surface area contributed by atoms with Crippen molar-refractivity contribution in [2.24, 2.45) is 5.18 Å². The topological polar surface area (TPSA) is 65.0 Å². The highest BCUT2D eigenvalue weighted by atomic mass is 35.5. The number of hydrogen-bond acceptors (Lipinski definition) is 5. The number of nitroso groups, excluding NO2 is 1. The summed E-state index contributed by atoms with van der Waals surface area (Å²) in [5.41, 5.74) is 0.654. The van der Waals surface area contributed by atoms with Gasteiger partial charge < -0.3 is 9.47 Å². The van der Waals surface area contributed by atoms with Gasteiger partial charge in [-0.3, -0.25) is 0 Å². The van der Waals surface area contributed by atoms with Gasteiger partial charge in [0.1, 0.15) is 11.4 Å². The van der Waals surface area contributed by atoms with Gasteiger partial charge >= 0.3 is 12.3 Å². The Bertz CT molecular complexity index is 770. The van der Waals surface area contributed by atoms with Gasteiger partial charge in [0, 0.05) is 11.1 Å². The lowest BCUT2D eigenvalue weighted by molar-refractivity contribution is -0.274. The molecule has 0 saturated carbocycles. The summed E-state index contributed by atoms with van der Waals surface area (Å²) in [6, 6.07) is 3.18. The summed E-state index contributed by atoms with van der Waals surface area (Å²) >= 11 is 5.86. The first kappa shape index (κ1) is 21.4. The molecule has 0 spiro atoms. The zero-order valence-corrected chi connectivity index (χ0v) is 14.6. The van der Waals surface area contributed by atoms with Crippen molar-refractivity contribution < 1.29 is 27.4 Å². The van der Waals surface area contributed by atoms with Crippen molar-refractivity contribution in [3.05, 3.63) is 63.6 Å². The van der Waals surface area contributed by atoms with E-state index in [1.54, 1.807) is 6.92 Å². The van der Waals surface area contributed by atoms with Crippen molar-refractivity contribution in [3.63, 3.8) is 0 Å². The third-order valence-electron chi connectivity index (χ3n) is 3.19. The average Bonchev–Trinajstić information content (AvgIpc) is 2.58. The molecule has 0 saturated heterocycles. The quantitative estimate of drug-likeness (QED) is 0.274.